The molecule has 0 spiro atoms. The van der Waals surface area contributed by atoms with Crippen molar-refractivity contribution in [3.05, 3.63) is 35.4 Å². The fraction of sp³-hybridized carbons (Fsp3) is 0.571. The lowest BCUT2D eigenvalue weighted by Gasteiger charge is -2.20. The molecule has 1 saturated heterocycles. The lowest BCUT2D eigenvalue weighted by atomic mass is 9.98. The maximum atomic E-state index is 12.7. The predicted octanol–water partition coefficient (Wildman–Crippen LogP) is 2.65. The third-order valence-corrected chi connectivity index (χ3v) is 3.54. The van der Waals surface area contributed by atoms with Crippen molar-refractivity contribution in [2.75, 3.05) is 6.61 Å². The number of benzene rings is 1. The van der Waals surface area contributed by atoms with Crippen molar-refractivity contribution < 1.29 is 17.9 Å². The lowest BCUT2D eigenvalue weighted by molar-refractivity contribution is -0.137. The van der Waals surface area contributed by atoms with E-state index in [4.69, 9.17) is 10.6 Å². The van der Waals surface area contributed by atoms with E-state index in [1.165, 1.54) is 12.1 Å². The Morgan fingerprint density at radius 1 is 1.40 bits per heavy atom. The number of alkyl halides is 3. The highest BCUT2D eigenvalue weighted by Crippen LogP contribution is 2.30. The van der Waals surface area contributed by atoms with E-state index in [-0.39, 0.29) is 12.1 Å². The van der Waals surface area contributed by atoms with Crippen LogP contribution in [-0.2, 0) is 17.3 Å². The van der Waals surface area contributed by atoms with Crippen LogP contribution in [0, 0.1) is 0 Å². The van der Waals surface area contributed by atoms with Gasteiger partial charge in [-0.3, -0.25) is 11.3 Å². The van der Waals surface area contributed by atoms with Gasteiger partial charge < -0.3 is 4.74 Å². The third kappa shape index (κ3) is 4.19. The van der Waals surface area contributed by atoms with Gasteiger partial charge in [-0.1, -0.05) is 18.2 Å². The molecule has 1 aromatic rings. The molecule has 2 unspecified atom stereocenters. The summed E-state index contributed by atoms with van der Waals surface area (Å²) >= 11 is 0. The number of hydrazine groups is 1. The summed E-state index contributed by atoms with van der Waals surface area (Å²) in [6.07, 6.45) is -0.961. The van der Waals surface area contributed by atoms with E-state index in [1.54, 1.807) is 6.07 Å². The molecule has 3 nitrogen and oxygen atoms in total. The van der Waals surface area contributed by atoms with Crippen LogP contribution in [0.5, 0.6) is 0 Å². The minimum atomic E-state index is -4.31. The molecular formula is C14H19F3N2O. The summed E-state index contributed by atoms with van der Waals surface area (Å²) < 4.78 is 43.5. The van der Waals surface area contributed by atoms with Crippen LogP contribution in [0.15, 0.2) is 24.3 Å². The second-order valence-corrected chi connectivity index (χ2v) is 5.14. The van der Waals surface area contributed by atoms with Gasteiger partial charge in [-0.25, -0.2) is 0 Å². The quantitative estimate of drug-likeness (QED) is 0.647. The minimum Gasteiger partial charge on any atom is -0.378 e. The number of nitrogens with two attached hydrogens (primary N) is 1. The SMILES string of the molecule is NNC(Cc1cccc(C(F)(F)F)c1)CC1CCCO1. The first-order valence-corrected chi connectivity index (χ1v) is 6.73. The van der Waals surface area contributed by atoms with E-state index < -0.39 is 11.7 Å². The lowest BCUT2D eigenvalue weighted by Crippen LogP contribution is -2.39. The Bertz CT molecular complexity index is 431. The van der Waals surface area contributed by atoms with Crippen molar-refractivity contribution in [2.45, 2.75) is 44.0 Å². The molecule has 1 fully saturated rings. The van der Waals surface area contributed by atoms with Gasteiger partial charge in [0.2, 0.25) is 0 Å². The summed E-state index contributed by atoms with van der Waals surface area (Å²) in [5, 5.41) is 0. The van der Waals surface area contributed by atoms with Crippen LogP contribution in [0.3, 0.4) is 0 Å². The first kappa shape index (κ1) is 15.3. The number of hydrogen-bond acceptors (Lipinski definition) is 3. The van der Waals surface area contributed by atoms with E-state index in [9.17, 15) is 13.2 Å². The molecule has 20 heavy (non-hydrogen) atoms. The molecule has 1 heterocycles. The fourth-order valence-corrected chi connectivity index (χ4v) is 2.52. The van der Waals surface area contributed by atoms with Crippen molar-refractivity contribution in [1.29, 1.82) is 0 Å². The van der Waals surface area contributed by atoms with Gasteiger partial charge in [-0.05, 0) is 37.3 Å². The van der Waals surface area contributed by atoms with Gasteiger partial charge in [-0.15, -0.1) is 0 Å². The first-order valence-electron chi connectivity index (χ1n) is 6.73. The fourth-order valence-electron chi connectivity index (χ4n) is 2.52. The van der Waals surface area contributed by atoms with Gasteiger partial charge in [0.1, 0.15) is 0 Å². The summed E-state index contributed by atoms with van der Waals surface area (Å²) in [6.45, 7) is 0.755. The largest absolute Gasteiger partial charge is 0.416 e. The van der Waals surface area contributed by atoms with Crippen molar-refractivity contribution in [3.8, 4) is 0 Å². The van der Waals surface area contributed by atoms with Gasteiger partial charge in [0.25, 0.3) is 0 Å². The molecule has 0 saturated carbocycles. The second-order valence-electron chi connectivity index (χ2n) is 5.14. The zero-order valence-electron chi connectivity index (χ0n) is 11.1. The summed E-state index contributed by atoms with van der Waals surface area (Å²) in [5.74, 6) is 5.49. The van der Waals surface area contributed by atoms with Crippen LogP contribution in [0.2, 0.25) is 0 Å². The molecule has 2 rings (SSSR count). The Kier molecular flexibility index (Phi) is 5.01. The van der Waals surface area contributed by atoms with Gasteiger partial charge >= 0.3 is 6.18 Å². The summed E-state index contributed by atoms with van der Waals surface area (Å²) in [4.78, 5) is 0. The normalized spacial score (nSPS) is 21.1. The Balaban J connectivity index is 1.99. The monoisotopic (exact) mass is 288 g/mol. The number of halogens is 3. The maximum absolute atomic E-state index is 12.7. The van der Waals surface area contributed by atoms with Crippen molar-refractivity contribution in [1.82, 2.24) is 5.43 Å². The van der Waals surface area contributed by atoms with Crippen LogP contribution in [-0.4, -0.2) is 18.8 Å². The Morgan fingerprint density at radius 3 is 2.80 bits per heavy atom. The molecule has 112 valence electrons. The van der Waals surface area contributed by atoms with E-state index in [0.717, 1.165) is 25.5 Å². The van der Waals surface area contributed by atoms with Gasteiger partial charge in [0, 0.05) is 12.6 Å². The first-order chi connectivity index (χ1) is 9.49. The Labute approximate surface area is 116 Å². The van der Waals surface area contributed by atoms with Crippen molar-refractivity contribution >= 4 is 0 Å². The molecule has 3 N–H and O–H groups in total. The maximum Gasteiger partial charge on any atom is 0.416 e. The summed E-state index contributed by atoms with van der Waals surface area (Å²) in [7, 11) is 0. The van der Waals surface area contributed by atoms with Crippen LogP contribution >= 0.6 is 0 Å². The number of hydrogen-bond donors (Lipinski definition) is 2. The molecule has 0 radical (unpaired) electrons. The van der Waals surface area contributed by atoms with Crippen molar-refractivity contribution in [3.63, 3.8) is 0 Å². The van der Waals surface area contributed by atoms with E-state index >= 15 is 0 Å². The van der Waals surface area contributed by atoms with Crippen molar-refractivity contribution in [2.24, 2.45) is 5.84 Å². The zero-order chi connectivity index (χ0) is 14.6. The molecule has 6 heteroatoms. The zero-order valence-corrected chi connectivity index (χ0v) is 11.1. The van der Waals surface area contributed by atoms with Gasteiger partial charge in [-0.2, -0.15) is 13.2 Å². The molecule has 1 aliphatic rings. The highest BCUT2D eigenvalue weighted by atomic mass is 19.4. The summed E-state index contributed by atoms with van der Waals surface area (Å²) in [5.41, 5.74) is 2.68. The number of ether oxygens (including phenoxy) is 1. The van der Waals surface area contributed by atoms with Crippen LogP contribution in [0.25, 0.3) is 0 Å². The van der Waals surface area contributed by atoms with Crippen LogP contribution in [0.4, 0.5) is 13.2 Å². The van der Waals surface area contributed by atoms with Gasteiger partial charge in [0.05, 0.1) is 11.7 Å². The minimum absolute atomic E-state index is 0.0819. The molecule has 0 aromatic heterocycles. The third-order valence-electron chi connectivity index (χ3n) is 3.54. The number of rotatable bonds is 5. The molecule has 0 amide bonds. The Hall–Kier alpha value is -1.11. The van der Waals surface area contributed by atoms with E-state index in [1.807, 2.05) is 0 Å². The highest BCUT2D eigenvalue weighted by Gasteiger charge is 2.30. The molecule has 0 aliphatic carbocycles. The molecular weight excluding hydrogens is 269 g/mol. The van der Waals surface area contributed by atoms with Crippen LogP contribution in [0.1, 0.15) is 30.4 Å². The smallest absolute Gasteiger partial charge is 0.378 e. The second kappa shape index (κ2) is 6.56. The molecule has 1 aliphatic heterocycles. The standard InChI is InChI=1S/C14H19F3N2O/c15-14(16,17)11-4-1-3-10(7-11)8-12(19-18)9-13-5-2-6-20-13/h1,3-4,7,12-13,19H,2,5-6,8-9,18H2. The predicted molar refractivity (Wildman–Crippen MR) is 69.9 cm³/mol. The van der Waals surface area contributed by atoms with Gasteiger partial charge in [0.15, 0.2) is 0 Å². The molecule has 2 atom stereocenters. The number of nitrogens with one attached hydrogen (secondary N) is 1. The topological polar surface area (TPSA) is 47.3 Å². The average Bonchev–Trinajstić information content (AvgIpc) is 2.90. The average molecular weight is 288 g/mol. The Morgan fingerprint density at radius 2 is 2.20 bits per heavy atom. The van der Waals surface area contributed by atoms with E-state index in [0.29, 0.717) is 18.4 Å². The molecule has 0 bridgehead atoms. The highest BCUT2D eigenvalue weighted by molar-refractivity contribution is 5.26. The van der Waals surface area contributed by atoms with E-state index in [2.05, 4.69) is 5.43 Å². The van der Waals surface area contributed by atoms with Crippen LogP contribution < -0.4 is 11.3 Å². The molecule has 1 aromatic carbocycles. The summed E-state index contributed by atoms with van der Waals surface area (Å²) in [6, 6.07) is 5.29.